The predicted octanol–water partition coefficient (Wildman–Crippen LogP) is 2.47. The average Bonchev–Trinajstić information content (AvgIpc) is 2.64. The fraction of sp³-hybridized carbons (Fsp3) is 0.632. The minimum atomic E-state index is 0.0817. The van der Waals surface area contributed by atoms with Gasteiger partial charge in [-0.05, 0) is 31.2 Å². The van der Waals surface area contributed by atoms with E-state index in [9.17, 15) is 4.79 Å². The average molecular weight is 331 g/mol. The highest BCUT2D eigenvalue weighted by molar-refractivity contribution is 5.74. The van der Waals surface area contributed by atoms with Gasteiger partial charge in [0.2, 0.25) is 0 Å². The molecule has 0 saturated carbocycles. The van der Waals surface area contributed by atoms with Gasteiger partial charge < -0.3 is 15.0 Å². The van der Waals surface area contributed by atoms with Crippen molar-refractivity contribution in [1.82, 2.24) is 15.1 Å². The van der Waals surface area contributed by atoms with Crippen LogP contribution in [0.4, 0.5) is 4.79 Å². The first-order chi connectivity index (χ1) is 11.7. The van der Waals surface area contributed by atoms with Gasteiger partial charge in [-0.15, -0.1) is 0 Å². The van der Waals surface area contributed by atoms with Crippen molar-refractivity contribution in [2.75, 3.05) is 33.3 Å². The third-order valence-electron chi connectivity index (χ3n) is 5.16. The number of nitrogens with zero attached hydrogens (tertiary/aromatic N) is 2. The zero-order chi connectivity index (χ0) is 16.8. The van der Waals surface area contributed by atoms with Crippen molar-refractivity contribution in [3.63, 3.8) is 0 Å². The Morgan fingerprint density at radius 2 is 1.92 bits per heavy atom. The van der Waals surface area contributed by atoms with Crippen LogP contribution in [0, 0.1) is 0 Å². The molecule has 0 spiro atoms. The molecule has 3 rings (SSSR count). The van der Waals surface area contributed by atoms with Crippen molar-refractivity contribution >= 4 is 6.03 Å². The van der Waals surface area contributed by atoms with Gasteiger partial charge in [0.1, 0.15) is 0 Å². The number of likely N-dealkylation sites (tertiary alicyclic amines) is 2. The van der Waals surface area contributed by atoms with Crippen LogP contribution in [0.25, 0.3) is 0 Å². The summed E-state index contributed by atoms with van der Waals surface area (Å²) in [5, 5.41) is 3.22. The molecule has 5 nitrogen and oxygen atoms in total. The predicted molar refractivity (Wildman–Crippen MR) is 94.9 cm³/mol. The van der Waals surface area contributed by atoms with Crippen molar-refractivity contribution in [3.05, 3.63) is 35.9 Å². The van der Waals surface area contributed by atoms with Crippen LogP contribution in [0.1, 0.15) is 31.2 Å². The first-order valence-electron chi connectivity index (χ1n) is 9.09. The summed E-state index contributed by atoms with van der Waals surface area (Å²) in [4.78, 5) is 16.8. The van der Waals surface area contributed by atoms with Crippen LogP contribution >= 0.6 is 0 Å². The highest BCUT2D eigenvalue weighted by atomic mass is 16.5. The van der Waals surface area contributed by atoms with E-state index in [1.165, 1.54) is 5.56 Å². The van der Waals surface area contributed by atoms with Gasteiger partial charge in [-0.1, -0.05) is 30.3 Å². The van der Waals surface area contributed by atoms with Crippen molar-refractivity contribution < 1.29 is 9.53 Å². The zero-order valence-corrected chi connectivity index (χ0v) is 14.6. The minimum Gasteiger partial charge on any atom is -0.380 e. The van der Waals surface area contributed by atoms with E-state index in [-0.39, 0.29) is 12.1 Å². The summed E-state index contributed by atoms with van der Waals surface area (Å²) in [7, 11) is 1.73. The van der Waals surface area contributed by atoms with E-state index < -0.39 is 0 Å². The van der Waals surface area contributed by atoms with Crippen molar-refractivity contribution in [2.45, 2.75) is 44.4 Å². The molecule has 1 aromatic carbocycles. The Labute approximate surface area is 145 Å². The molecule has 0 bridgehead atoms. The largest absolute Gasteiger partial charge is 0.380 e. The number of amides is 2. The van der Waals surface area contributed by atoms with E-state index in [0.29, 0.717) is 6.04 Å². The van der Waals surface area contributed by atoms with Gasteiger partial charge in [-0.25, -0.2) is 4.79 Å². The summed E-state index contributed by atoms with van der Waals surface area (Å²) < 4.78 is 5.40. The van der Waals surface area contributed by atoms with Crippen molar-refractivity contribution in [2.24, 2.45) is 0 Å². The Balaban J connectivity index is 1.41. The van der Waals surface area contributed by atoms with Crippen LogP contribution in [-0.2, 0) is 11.3 Å². The summed E-state index contributed by atoms with van der Waals surface area (Å²) in [6.07, 6.45) is 4.33. The van der Waals surface area contributed by atoms with Crippen LogP contribution < -0.4 is 5.32 Å². The number of piperidine rings is 2. The first kappa shape index (κ1) is 17.2. The summed E-state index contributed by atoms with van der Waals surface area (Å²) in [6.45, 7) is 4.65. The van der Waals surface area contributed by atoms with Gasteiger partial charge >= 0.3 is 6.03 Å². The van der Waals surface area contributed by atoms with Gasteiger partial charge in [-0.3, -0.25) is 4.90 Å². The molecule has 2 heterocycles. The summed E-state index contributed by atoms with van der Waals surface area (Å²) >= 11 is 0. The van der Waals surface area contributed by atoms with Gasteiger partial charge in [-0.2, -0.15) is 0 Å². The van der Waals surface area contributed by atoms with Crippen LogP contribution in [0.5, 0.6) is 0 Å². The molecule has 132 valence electrons. The van der Waals surface area contributed by atoms with E-state index in [2.05, 4.69) is 40.5 Å². The number of carbonyl (C=O) groups is 1. The van der Waals surface area contributed by atoms with E-state index >= 15 is 0 Å². The molecule has 1 N–H and O–H groups in total. The van der Waals surface area contributed by atoms with E-state index in [0.717, 1.165) is 58.4 Å². The quantitative estimate of drug-likeness (QED) is 0.922. The number of carbonyl (C=O) groups excluding carboxylic acids is 1. The Morgan fingerprint density at radius 3 is 2.62 bits per heavy atom. The molecule has 0 aliphatic carbocycles. The molecule has 24 heavy (non-hydrogen) atoms. The molecule has 2 saturated heterocycles. The van der Waals surface area contributed by atoms with Crippen molar-refractivity contribution in [3.8, 4) is 0 Å². The second kappa shape index (κ2) is 8.49. The van der Waals surface area contributed by atoms with Gasteiger partial charge in [0, 0.05) is 45.9 Å². The minimum absolute atomic E-state index is 0.0817. The van der Waals surface area contributed by atoms with Crippen LogP contribution in [0.3, 0.4) is 0 Å². The molecule has 2 aliphatic rings. The Bertz CT molecular complexity index is 515. The molecule has 2 aliphatic heterocycles. The third kappa shape index (κ3) is 4.71. The lowest BCUT2D eigenvalue weighted by Crippen LogP contribution is -2.52. The number of hydrogen-bond acceptors (Lipinski definition) is 3. The molecule has 0 aromatic heterocycles. The lowest BCUT2D eigenvalue weighted by molar-refractivity contribution is 0.0424. The number of nitrogens with one attached hydrogen (secondary N) is 1. The number of hydrogen-bond donors (Lipinski definition) is 1. The van der Waals surface area contributed by atoms with Crippen LogP contribution in [0.15, 0.2) is 30.3 Å². The second-order valence-electron chi connectivity index (χ2n) is 6.93. The third-order valence-corrected chi connectivity index (χ3v) is 5.16. The Kier molecular flexibility index (Phi) is 6.10. The fourth-order valence-corrected chi connectivity index (χ4v) is 3.66. The summed E-state index contributed by atoms with van der Waals surface area (Å²) in [5.74, 6) is 0. The molecular weight excluding hydrogens is 302 g/mol. The lowest BCUT2D eigenvalue weighted by Gasteiger charge is -2.36. The molecule has 2 amide bonds. The maximum atomic E-state index is 12.4. The summed E-state index contributed by atoms with van der Waals surface area (Å²) in [6, 6.07) is 11.0. The number of urea groups is 1. The Morgan fingerprint density at radius 1 is 1.17 bits per heavy atom. The number of benzene rings is 1. The molecule has 1 atom stereocenters. The molecule has 2 fully saturated rings. The number of rotatable bonds is 4. The monoisotopic (exact) mass is 331 g/mol. The van der Waals surface area contributed by atoms with Gasteiger partial charge in [0.15, 0.2) is 0 Å². The van der Waals surface area contributed by atoms with E-state index in [4.69, 9.17) is 4.74 Å². The summed E-state index contributed by atoms with van der Waals surface area (Å²) in [5.41, 5.74) is 1.36. The SMILES string of the molecule is COC1CCCN(C(=O)NC2CCN(Cc3ccccc3)CC2)C1. The zero-order valence-electron chi connectivity index (χ0n) is 14.6. The molecular formula is C19H29N3O2. The van der Waals surface area contributed by atoms with Crippen LogP contribution in [-0.4, -0.2) is 61.3 Å². The molecule has 1 unspecified atom stereocenters. The van der Waals surface area contributed by atoms with Crippen molar-refractivity contribution in [1.29, 1.82) is 0 Å². The maximum absolute atomic E-state index is 12.4. The highest BCUT2D eigenvalue weighted by Crippen LogP contribution is 2.16. The number of ether oxygens (including phenoxy) is 1. The van der Waals surface area contributed by atoms with Gasteiger partial charge in [0.05, 0.1) is 6.10 Å². The first-order valence-corrected chi connectivity index (χ1v) is 9.09. The second-order valence-corrected chi connectivity index (χ2v) is 6.93. The van der Waals surface area contributed by atoms with Gasteiger partial charge in [0.25, 0.3) is 0 Å². The maximum Gasteiger partial charge on any atom is 0.317 e. The Hall–Kier alpha value is -1.59. The normalized spacial score (nSPS) is 23.2. The molecule has 1 aromatic rings. The molecule has 0 radical (unpaired) electrons. The standard InChI is InChI=1S/C19H29N3O2/c1-24-18-8-5-11-22(15-18)19(23)20-17-9-12-21(13-10-17)14-16-6-3-2-4-7-16/h2-4,6-7,17-18H,5,8-15H2,1H3,(H,20,23). The van der Waals surface area contributed by atoms with Crippen LogP contribution in [0.2, 0.25) is 0 Å². The van der Waals surface area contributed by atoms with E-state index in [1.54, 1.807) is 7.11 Å². The lowest BCUT2D eigenvalue weighted by atomic mass is 10.0. The smallest absolute Gasteiger partial charge is 0.317 e. The topological polar surface area (TPSA) is 44.8 Å². The molecule has 5 heteroatoms. The number of methoxy groups -OCH3 is 1. The fourth-order valence-electron chi connectivity index (χ4n) is 3.66. The highest BCUT2D eigenvalue weighted by Gasteiger charge is 2.26. The van der Waals surface area contributed by atoms with E-state index in [1.807, 2.05) is 4.90 Å².